The molecule has 1 fully saturated rings. The highest BCUT2D eigenvalue weighted by Crippen LogP contribution is 2.36. The fourth-order valence-corrected chi connectivity index (χ4v) is 5.50. The van der Waals surface area contributed by atoms with Gasteiger partial charge in [0.25, 0.3) is 0 Å². The normalized spacial score (nSPS) is 20.2. The van der Waals surface area contributed by atoms with Crippen molar-refractivity contribution in [3.8, 4) is 34.1 Å². The summed E-state index contributed by atoms with van der Waals surface area (Å²) in [5.41, 5.74) is 2.34. The Balaban J connectivity index is 1.42. The van der Waals surface area contributed by atoms with Crippen LogP contribution in [0, 0.1) is 0 Å². The summed E-state index contributed by atoms with van der Waals surface area (Å²) >= 11 is 6.50. The minimum Gasteiger partial charge on any atom is -0.470 e. The van der Waals surface area contributed by atoms with Crippen LogP contribution in [0.2, 0.25) is 5.02 Å². The number of hydrogen-bond donors (Lipinski definition) is 1. The number of piperidine rings is 1. The molecule has 1 aliphatic heterocycles. The lowest BCUT2D eigenvalue weighted by molar-refractivity contribution is -0.0281. The number of pyridine rings is 1. The number of hydrogen-bond acceptors (Lipinski definition) is 8. The zero-order valence-electron chi connectivity index (χ0n) is 22.8. The van der Waals surface area contributed by atoms with E-state index in [-0.39, 0.29) is 18.2 Å². The first-order valence-corrected chi connectivity index (χ1v) is 13.0. The molecule has 5 rings (SSSR count). The van der Waals surface area contributed by atoms with E-state index < -0.39 is 17.8 Å². The van der Waals surface area contributed by atoms with Crippen molar-refractivity contribution >= 4 is 22.5 Å². The average Bonchev–Trinajstić information content (AvgIpc) is 3.26. The van der Waals surface area contributed by atoms with Crippen molar-refractivity contribution in [1.29, 1.82) is 0 Å². The van der Waals surface area contributed by atoms with Crippen molar-refractivity contribution in [2.24, 2.45) is 7.05 Å². The summed E-state index contributed by atoms with van der Waals surface area (Å²) in [5.74, 6) is 0.709. The Morgan fingerprint density at radius 2 is 1.92 bits per heavy atom. The van der Waals surface area contributed by atoms with E-state index in [1.54, 1.807) is 30.1 Å². The molecule has 39 heavy (non-hydrogen) atoms. The molecule has 0 unspecified atom stereocenters. The van der Waals surface area contributed by atoms with Crippen LogP contribution >= 0.6 is 11.6 Å². The predicted octanol–water partition coefficient (Wildman–Crippen LogP) is 5.36. The van der Waals surface area contributed by atoms with E-state index in [0.717, 1.165) is 22.0 Å². The number of alkyl halides is 1. The van der Waals surface area contributed by atoms with E-state index in [4.69, 9.17) is 25.8 Å². The SMILES string of the molecule is COCOc1cc(-c2cc(Cl)c3nn(C)cc3c2)cnc1-c1ccc(O[C@H]2CC(C)(C)NC(C)(C)[C@H]2F)nn1. The monoisotopic (exact) mass is 554 g/mol. The van der Waals surface area contributed by atoms with Crippen LogP contribution in [0.25, 0.3) is 33.4 Å². The molecular weight excluding hydrogens is 523 g/mol. The lowest BCUT2D eigenvalue weighted by Crippen LogP contribution is -2.66. The number of aryl methyl sites for hydroxylation is 1. The average molecular weight is 555 g/mol. The van der Waals surface area contributed by atoms with Crippen LogP contribution in [0.3, 0.4) is 0 Å². The lowest BCUT2D eigenvalue weighted by Gasteiger charge is -2.48. The van der Waals surface area contributed by atoms with Gasteiger partial charge >= 0.3 is 0 Å². The van der Waals surface area contributed by atoms with Gasteiger partial charge in [0.05, 0.1) is 5.02 Å². The van der Waals surface area contributed by atoms with Crippen molar-refractivity contribution in [1.82, 2.24) is 30.3 Å². The zero-order chi connectivity index (χ0) is 27.9. The first-order valence-electron chi connectivity index (χ1n) is 12.6. The summed E-state index contributed by atoms with van der Waals surface area (Å²) in [7, 11) is 3.39. The first kappa shape index (κ1) is 27.2. The summed E-state index contributed by atoms with van der Waals surface area (Å²) in [4.78, 5) is 4.63. The molecule has 0 bridgehead atoms. The number of rotatable bonds is 7. The second-order valence-corrected chi connectivity index (χ2v) is 11.5. The molecule has 1 aromatic carbocycles. The van der Waals surface area contributed by atoms with Crippen molar-refractivity contribution in [2.75, 3.05) is 13.9 Å². The van der Waals surface area contributed by atoms with Crippen LogP contribution in [-0.4, -0.2) is 62.2 Å². The standard InChI is InChI=1S/C28H32ClFN6O3/c1-27(2)12-22(26(30)28(3,4)35-27)39-23-8-7-20(32-33-23)25-21(38-15-37-6)11-17(13-31-25)16-9-18-14-36(5)34-24(18)19(29)10-16/h7-11,13-14,22,26,35H,12,15H2,1-6H3/t22-,26-/m0/s1. The Hall–Kier alpha value is -3.34. The topological polar surface area (TPSA) is 96.2 Å². The molecule has 1 N–H and O–H groups in total. The molecule has 206 valence electrons. The third kappa shape index (κ3) is 5.68. The molecule has 0 aliphatic carbocycles. The van der Waals surface area contributed by atoms with Gasteiger partial charge in [0.1, 0.15) is 23.0 Å². The van der Waals surface area contributed by atoms with E-state index in [0.29, 0.717) is 28.6 Å². The van der Waals surface area contributed by atoms with Gasteiger partial charge in [0.15, 0.2) is 18.7 Å². The van der Waals surface area contributed by atoms with Crippen LogP contribution in [-0.2, 0) is 11.8 Å². The van der Waals surface area contributed by atoms with Crippen LogP contribution in [0.1, 0.15) is 34.1 Å². The van der Waals surface area contributed by atoms with Crippen LogP contribution in [0.15, 0.2) is 42.7 Å². The van der Waals surface area contributed by atoms with Gasteiger partial charge in [-0.15, -0.1) is 10.2 Å². The summed E-state index contributed by atoms with van der Waals surface area (Å²) in [6.45, 7) is 7.76. The molecule has 0 spiro atoms. The zero-order valence-corrected chi connectivity index (χ0v) is 23.6. The van der Waals surface area contributed by atoms with E-state index >= 15 is 4.39 Å². The van der Waals surface area contributed by atoms with Gasteiger partial charge in [0, 0.05) is 61.1 Å². The molecule has 0 radical (unpaired) electrons. The van der Waals surface area contributed by atoms with Crippen molar-refractivity contribution < 1.29 is 18.6 Å². The van der Waals surface area contributed by atoms with E-state index in [1.807, 2.05) is 59.1 Å². The Kier molecular flexibility index (Phi) is 7.21. The number of fused-ring (bicyclic) bond motifs is 1. The minimum absolute atomic E-state index is 0.0222. The second kappa shape index (κ2) is 10.3. The maximum atomic E-state index is 15.2. The summed E-state index contributed by atoms with van der Waals surface area (Å²) < 4.78 is 33.8. The maximum absolute atomic E-state index is 15.2. The molecule has 4 aromatic rings. The van der Waals surface area contributed by atoms with Crippen molar-refractivity contribution in [3.63, 3.8) is 0 Å². The smallest absolute Gasteiger partial charge is 0.233 e. The van der Waals surface area contributed by atoms with Gasteiger partial charge in [0.2, 0.25) is 5.88 Å². The Bertz CT molecular complexity index is 1490. The maximum Gasteiger partial charge on any atom is 0.233 e. The van der Waals surface area contributed by atoms with E-state index in [1.165, 1.54) is 0 Å². The highest BCUT2D eigenvalue weighted by atomic mass is 35.5. The van der Waals surface area contributed by atoms with E-state index in [9.17, 15) is 0 Å². The predicted molar refractivity (Wildman–Crippen MR) is 148 cm³/mol. The lowest BCUT2D eigenvalue weighted by atomic mass is 9.79. The van der Waals surface area contributed by atoms with Crippen LogP contribution < -0.4 is 14.8 Å². The number of methoxy groups -OCH3 is 1. The molecule has 4 heterocycles. The Morgan fingerprint density at radius 1 is 1.13 bits per heavy atom. The quantitative estimate of drug-likeness (QED) is 0.305. The highest BCUT2D eigenvalue weighted by molar-refractivity contribution is 6.35. The van der Waals surface area contributed by atoms with Gasteiger partial charge in [-0.3, -0.25) is 4.68 Å². The summed E-state index contributed by atoms with van der Waals surface area (Å²) in [6, 6.07) is 9.10. The van der Waals surface area contributed by atoms with Gasteiger partial charge < -0.3 is 19.5 Å². The summed E-state index contributed by atoms with van der Waals surface area (Å²) in [5, 5.41) is 17.7. The largest absolute Gasteiger partial charge is 0.470 e. The number of nitrogens with one attached hydrogen (secondary N) is 1. The van der Waals surface area contributed by atoms with E-state index in [2.05, 4.69) is 25.6 Å². The van der Waals surface area contributed by atoms with Crippen LogP contribution in [0.4, 0.5) is 4.39 Å². The third-order valence-corrected chi connectivity index (χ3v) is 7.03. The van der Waals surface area contributed by atoms with Gasteiger partial charge in [-0.05, 0) is 57.5 Å². The van der Waals surface area contributed by atoms with Crippen molar-refractivity contribution in [3.05, 3.63) is 47.7 Å². The molecule has 3 aromatic heterocycles. The number of aromatic nitrogens is 5. The Labute approximate surface area is 231 Å². The molecule has 2 atom stereocenters. The fourth-order valence-electron chi connectivity index (χ4n) is 5.23. The molecular formula is C28H32ClFN6O3. The molecule has 0 saturated carbocycles. The number of ether oxygens (including phenoxy) is 3. The number of benzene rings is 1. The molecule has 0 amide bonds. The Morgan fingerprint density at radius 3 is 2.64 bits per heavy atom. The van der Waals surface area contributed by atoms with Gasteiger partial charge in [-0.1, -0.05) is 11.6 Å². The van der Waals surface area contributed by atoms with Crippen LogP contribution in [0.5, 0.6) is 11.6 Å². The number of halogens is 2. The summed E-state index contributed by atoms with van der Waals surface area (Å²) in [6.07, 6.45) is 2.26. The van der Waals surface area contributed by atoms with Gasteiger partial charge in [-0.2, -0.15) is 5.10 Å². The fraction of sp³-hybridized carbons (Fsp3) is 0.429. The number of nitrogens with zero attached hydrogens (tertiary/aromatic N) is 5. The second-order valence-electron chi connectivity index (χ2n) is 11.1. The molecule has 11 heteroatoms. The molecule has 1 aliphatic rings. The first-order chi connectivity index (χ1) is 18.5. The van der Waals surface area contributed by atoms with Crippen molar-refractivity contribution in [2.45, 2.75) is 57.5 Å². The highest BCUT2D eigenvalue weighted by Gasteiger charge is 2.47. The third-order valence-electron chi connectivity index (χ3n) is 6.74. The molecule has 1 saturated heterocycles. The van der Waals surface area contributed by atoms with Gasteiger partial charge in [-0.25, -0.2) is 9.37 Å². The molecule has 9 nitrogen and oxygen atoms in total. The minimum atomic E-state index is -1.21.